The van der Waals surface area contributed by atoms with Crippen LogP contribution in [0.1, 0.15) is 30.7 Å². The van der Waals surface area contributed by atoms with Crippen LogP contribution in [0.4, 0.5) is 0 Å². The molecule has 6 nitrogen and oxygen atoms in total. The number of carbonyl (C=O) groups is 1. The smallest absolute Gasteiger partial charge is 0.242 e. The van der Waals surface area contributed by atoms with Gasteiger partial charge in [-0.2, -0.15) is 0 Å². The van der Waals surface area contributed by atoms with E-state index in [1.807, 2.05) is 18.4 Å². The number of hydrogen-bond donors (Lipinski definition) is 2. The minimum Gasteiger partial charge on any atom is -0.393 e. The van der Waals surface area contributed by atoms with E-state index in [1.165, 1.54) is 0 Å². The first-order chi connectivity index (χ1) is 9.45. The molecule has 2 heterocycles. The number of aliphatic hydroxyl groups excluding tert-OH is 1. The predicted molar refractivity (Wildman–Crippen MR) is 74.2 cm³/mol. The van der Waals surface area contributed by atoms with E-state index < -0.39 is 5.60 Å². The number of carbonyl (C=O) groups excluding carboxylic acids is 1. The summed E-state index contributed by atoms with van der Waals surface area (Å²) in [5, 5.41) is 19.3. The van der Waals surface area contributed by atoms with Gasteiger partial charge in [0.05, 0.1) is 24.2 Å². The molecule has 0 spiro atoms. The molecule has 0 aromatic carbocycles. The summed E-state index contributed by atoms with van der Waals surface area (Å²) in [6, 6.07) is 0. The fourth-order valence-electron chi connectivity index (χ4n) is 2.54. The summed E-state index contributed by atoms with van der Waals surface area (Å²) in [7, 11) is 0. The molecule has 1 aliphatic rings. The molecule has 1 fully saturated rings. The largest absolute Gasteiger partial charge is 0.393 e. The first kappa shape index (κ1) is 15.0. The van der Waals surface area contributed by atoms with E-state index in [0.717, 1.165) is 11.4 Å². The SMILES string of the molecule is Cc1ncn(CC(=O)N2CCCC(O)(CO)CC2)c1C. The number of hydrogen-bond acceptors (Lipinski definition) is 4. The second kappa shape index (κ2) is 5.93. The minimum absolute atomic E-state index is 0.0349. The number of likely N-dealkylation sites (tertiary alicyclic amines) is 1. The van der Waals surface area contributed by atoms with Crippen LogP contribution in [0.5, 0.6) is 0 Å². The van der Waals surface area contributed by atoms with E-state index in [-0.39, 0.29) is 19.1 Å². The van der Waals surface area contributed by atoms with Crippen LogP contribution in [0, 0.1) is 13.8 Å². The van der Waals surface area contributed by atoms with Crippen molar-refractivity contribution in [3.05, 3.63) is 17.7 Å². The van der Waals surface area contributed by atoms with Gasteiger partial charge in [-0.25, -0.2) is 4.98 Å². The van der Waals surface area contributed by atoms with Gasteiger partial charge < -0.3 is 19.7 Å². The molecule has 1 unspecified atom stereocenters. The Morgan fingerprint density at radius 2 is 2.15 bits per heavy atom. The molecule has 6 heteroatoms. The highest BCUT2D eigenvalue weighted by molar-refractivity contribution is 5.76. The molecule has 1 amide bonds. The highest BCUT2D eigenvalue weighted by atomic mass is 16.3. The van der Waals surface area contributed by atoms with Gasteiger partial charge in [-0.15, -0.1) is 0 Å². The molecule has 2 rings (SSSR count). The average Bonchev–Trinajstić information content (AvgIpc) is 2.66. The van der Waals surface area contributed by atoms with E-state index in [4.69, 9.17) is 0 Å². The summed E-state index contributed by atoms with van der Waals surface area (Å²) in [5.74, 6) is 0.0349. The minimum atomic E-state index is -1.03. The molecule has 0 saturated carbocycles. The van der Waals surface area contributed by atoms with Gasteiger partial charge in [0.15, 0.2) is 0 Å². The van der Waals surface area contributed by atoms with Crippen LogP contribution < -0.4 is 0 Å². The number of amides is 1. The molecule has 1 aromatic heterocycles. The zero-order valence-electron chi connectivity index (χ0n) is 12.2. The standard InChI is InChI=1S/C14H23N3O3/c1-11-12(2)17(10-15-11)8-13(19)16-6-3-4-14(20,9-18)5-7-16/h10,18,20H,3-9H2,1-2H3. The Bertz CT molecular complexity index is 486. The first-order valence-corrected chi connectivity index (χ1v) is 7.04. The van der Waals surface area contributed by atoms with Crippen LogP contribution in [0.15, 0.2) is 6.33 Å². The van der Waals surface area contributed by atoms with Crippen LogP contribution in [0.2, 0.25) is 0 Å². The predicted octanol–water partition coefficient (Wildman–Crippen LogP) is 0.236. The Balaban J connectivity index is 1.98. The highest BCUT2D eigenvalue weighted by Crippen LogP contribution is 2.22. The highest BCUT2D eigenvalue weighted by Gasteiger charge is 2.30. The maximum Gasteiger partial charge on any atom is 0.242 e. The number of rotatable bonds is 3. The van der Waals surface area contributed by atoms with Crippen molar-refractivity contribution in [3.8, 4) is 0 Å². The number of aromatic nitrogens is 2. The van der Waals surface area contributed by atoms with E-state index in [9.17, 15) is 15.0 Å². The van der Waals surface area contributed by atoms with E-state index in [1.54, 1.807) is 11.2 Å². The first-order valence-electron chi connectivity index (χ1n) is 7.04. The number of aliphatic hydroxyl groups is 2. The number of nitrogens with zero attached hydrogens (tertiary/aromatic N) is 3. The fourth-order valence-corrected chi connectivity index (χ4v) is 2.54. The number of imidazole rings is 1. The van der Waals surface area contributed by atoms with Crippen LogP contribution >= 0.6 is 0 Å². The van der Waals surface area contributed by atoms with E-state index >= 15 is 0 Å². The molecule has 0 radical (unpaired) electrons. The summed E-state index contributed by atoms with van der Waals surface area (Å²) in [6.07, 6.45) is 3.36. The van der Waals surface area contributed by atoms with Crippen molar-refractivity contribution in [1.82, 2.24) is 14.5 Å². The van der Waals surface area contributed by atoms with Gasteiger partial charge in [0.2, 0.25) is 5.91 Å². The Morgan fingerprint density at radius 1 is 1.40 bits per heavy atom. The van der Waals surface area contributed by atoms with Crippen molar-refractivity contribution in [2.75, 3.05) is 19.7 Å². The lowest BCUT2D eigenvalue weighted by molar-refractivity contribution is -0.132. The lowest BCUT2D eigenvalue weighted by atomic mass is 9.96. The summed E-state index contributed by atoms with van der Waals surface area (Å²) in [5.41, 5.74) is 0.902. The second-order valence-corrected chi connectivity index (χ2v) is 5.66. The molecular weight excluding hydrogens is 258 g/mol. The molecule has 1 atom stereocenters. The van der Waals surface area contributed by atoms with Gasteiger partial charge >= 0.3 is 0 Å². The average molecular weight is 281 g/mol. The van der Waals surface area contributed by atoms with Gasteiger partial charge in [0.25, 0.3) is 0 Å². The molecule has 0 aliphatic carbocycles. The molecule has 1 aliphatic heterocycles. The summed E-state index contributed by atoms with van der Waals surface area (Å²) in [4.78, 5) is 18.3. The van der Waals surface area contributed by atoms with Crippen molar-refractivity contribution >= 4 is 5.91 Å². The quantitative estimate of drug-likeness (QED) is 0.831. The molecule has 0 bridgehead atoms. The van der Waals surface area contributed by atoms with Gasteiger partial charge in [-0.05, 0) is 33.1 Å². The third kappa shape index (κ3) is 3.19. The summed E-state index contributed by atoms with van der Waals surface area (Å²) >= 11 is 0. The van der Waals surface area contributed by atoms with Gasteiger partial charge in [0.1, 0.15) is 6.54 Å². The Morgan fingerprint density at radius 3 is 2.75 bits per heavy atom. The fraction of sp³-hybridized carbons (Fsp3) is 0.714. The van der Waals surface area contributed by atoms with E-state index in [0.29, 0.717) is 32.4 Å². The molecule has 1 saturated heterocycles. The van der Waals surface area contributed by atoms with Crippen LogP contribution in [-0.2, 0) is 11.3 Å². The molecule has 2 N–H and O–H groups in total. The lowest BCUT2D eigenvalue weighted by Crippen LogP contribution is -2.37. The van der Waals surface area contributed by atoms with Gasteiger partial charge in [-0.3, -0.25) is 4.79 Å². The third-order valence-corrected chi connectivity index (χ3v) is 4.22. The lowest BCUT2D eigenvalue weighted by Gasteiger charge is -2.24. The zero-order valence-corrected chi connectivity index (χ0v) is 12.2. The maximum atomic E-state index is 12.3. The molecule has 112 valence electrons. The Kier molecular flexibility index (Phi) is 4.45. The number of aryl methyl sites for hydroxylation is 1. The van der Waals surface area contributed by atoms with Crippen LogP contribution in [0.3, 0.4) is 0 Å². The Labute approximate surface area is 119 Å². The van der Waals surface area contributed by atoms with Crippen molar-refractivity contribution in [1.29, 1.82) is 0 Å². The molecule has 1 aromatic rings. The second-order valence-electron chi connectivity index (χ2n) is 5.66. The van der Waals surface area contributed by atoms with Crippen molar-refractivity contribution < 1.29 is 15.0 Å². The maximum absolute atomic E-state index is 12.3. The van der Waals surface area contributed by atoms with Crippen LogP contribution in [0.25, 0.3) is 0 Å². The molecule has 20 heavy (non-hydrogen) atoms. The zero-order chi connectivity index (χ0) is 14.8. The summed E-state index contributed by atoms with van der Waals surface area (Å²) < 4.78 is 1.85. The van der Waals surface area contributed by atoms with E-state index in [2.05, 4.69) is 4.98 Å². The summed E-state index contributed by atoms with van der Waals surface area (Å²) in [6.45, 7) is 5.03. The monoisotopic (exact) mass is 281 g/mol. The van der Waals surface area contributed by atoms with Crippen molar-refractivity contribution in [3.63, 3.8) is 0 Å². The topological polar surface area (TPSA) is 78.6 Å². The molecular formula is C14H23N3O3. The van der Waals surface area contributed by atoms with Crippen molar-refractivity contribution in [2.24, 2.45) is 0 Å². The Hall–Kier alpha value is -1.40. The van der Waals surface area contributed by atoms with Gasteiger partial charge in [-0.1, -0.05) is 0 Å². The third-order valence-electron chi connectivity index (χ3n) is 4.22. The normalized spacial score (nSPS) is 23.7. The van der Waals surface area contributed by atoms with Crippen LogP contribution in [-0.4, -0.2) is 55.9 Å². The van der Waals surface area contributed by atoms with Crippen molar-refractivity contribution in [2.45, 2.75) is 45.3 Å². The van der Waals surface area contributed by atoms with Gasteiger partial charge in [0, 0.05) is 18.8 Å².